The molecule has 0 N–H and O–H groups in total. The molecule has 2 saturated heterocycles. The first-order chi connectivity index (χ1) is 15.7. The van der Waals surface area contributed by atoms with E-state index in [1.165, 1.54) is 22.3 Å². The number of rotatable bonds is 5. The Labute approximate surface area is 190 Å². The molecule has 1 amide bonds. The van der Waals surface area contributed by atoms with Crippen molar-refractivity contribution < 1.29 is 9.63 Å². The molecule has 32 heavy (non-hydrogen) atoms. The molecule has 2 heterocycles. The molecule has 0 unspecified atom stereocenters. The molecule has 164 valence electrons. The fourth-order valence-corrected chi connectivity index (χ4v) is 5.16. The Kier molecular flexibility index (Phi) is 6.06. The maximum absolute atomic E-state index is 13.5. The van der Waals surface area contributed by atoms with Gasteiger partial charge in [-0.2, -0.15) is 5.06 Å². The summed E-state index contributed by atoms with van der Waals surface area (Å²) >= 11 is 0. The summed E-state index contributed by atoms with van der Waals surface area (Å²) in [5.74, 6) is 0.603. The molecule has 0 aromatic heterocycles. The van der Waals surface area contributed by atoms with Crippen LogP contribution >= 0.6 is 0 Å². The van der Waals surface area contributed by atoms with Gasteiger partial charge in [-0.3, -0.25) is 9.63 Å². The van der Waals surface area contributed by atoms with Crippen molar-refractivity contribution in [2.24, 2.45) is 5.92 Å². The van der Waals surface area contributed by atoms with Crippen LogP contribution in [0, 0.1) is 5.92 Å². The van der Waals surface area contributed by atoms with E-state index >= 15 is 0 Å². The smallest absolute Gasteiger partial charge is 0.223 e. The zero-order valence-electron chi connectivity index (χ0n) is 18.6. The van der Waals surface area contributed by atoms with Gasteiger partial charge in [0.25, 0.3) is 0 Å². The zero-order chi connectivity index (χ0) is 21.9. The van der Waals surface area contributed by atoms with Crippen molar-refractivity contribution in [3.05, 3.63) is 96.1 Å². The highest BCUT2D eigenvalue weighted by Crippen LogP contribution is 2.40. The number of hydrogen-bond acceptors (Lipinski definition) is 3. The normalized spacial score (nSPS) is 23.2. The molecule has 0 radical (unpaired) electrons. The summed E-state index contributed by atoms with van der Waals surface area (Å²) in [7, 11) is 2.02. The molecule has 5 rings (SSSR count). The third-order valence-electron chi connectivity index (χ3n) is 6.94. The van der Waals surface area contributed by atoms with Gasteiger partial charge in [0, 0.05) is 32.0 Å². The number of amides is 1. The van der Waals surface area contributed by atoms with Crippen molar-refractivity contribution in [1.82, 2.24) is 9.96 Å². The monoisotopic (exact) mass is 426 g/mol. The Morgan fingerprint density at radius 3 is 2.44 bits per heavy atom. The van der Waals surface area contributed by atoms with Crippen molar-refractivity contribution in [1.29, 1.82) is 0 Å². The van der Waals surface area contributed by atoms with Crippen LogP contribution in [0.25, 0.3) is 11.1 Å². The first kappa shape index (κ1) is 20.9. The van der Waals surface area contributed by atoms with Gasteiger partial charge in [0.05, 0.1) is 12.6 Å². The van der Waals surface area contributed by atoms with Crippen LogP contribution in [-0.2, 0) is 16.1 Å². The largest absolute Gasteiger partial charge is 0.335 e. The Morgan fingerprint density at radius 2 is 1.66 bits per heavy atom. The van der Waals surface area contributed by atoms with E-state index in [1.807, 2.05) is 36.4 Å². The Morgan fingerprint density at radius 1 is 0.938 bits per heavy atom. The number of hydroxylamine groups is 2. The van der Waals surface area contributed by atoms with E-state index in [4.69, 9.17) is 4.84 Å². The van der Waals surface area contributed by atoms with Gasteiger partial charge >= 0.3 is 0 Å². The molecule has 0 bridgehead atoms. The number of hydrogen-bond donors (Lipinski definition) is 0. The predicted molar refractivity (Wildman–Crippen MR) is 127 cm³/mol. The van der Waals surface area contributed by atoms with Crippen LogP contribution in [0.15, 0.2) is 84.9 Å². The molecule has 4 nitrogen and oxygen atoms in total. The molecule has 2 fully saturated rings. The lowest BCUT2D eigenvalue weighted by Crippen LogP contribution is -2.49. The Bertz CT molecular complexity index is 1050. The summed E-state index contributed by atoms with van der Waals surface area (Å²) in [6.45, 7) is 1.45. The fourth-order valence-electron chi connectivity index (χ4n) is 5.16. The van der Waals surface area contributed by atoms with Gasteiger partial charge in [0.15, 0.2) is 0 Å². The lowest BCUT2D eigenvalue weighted by Gasteiger charge is -2.42. The Hall–Kier alpha value is -2.95. The van der Waals surface area contributed by atoms with Gasteiger partial charge in [-0.05, 0) is 41.2 Å². The van der Waals surface area contributed by atoms with Gasteiger partial charge in [0.1, 0.15) is 0 Å². The second kappa shape index (κ2) is 9.27. The minimum atomic E-state index is 0.0623. The van der Waals surface area contributed by atoms with E-state index in [9.17, 15) is 4.79 Å². The van der Waals surface area contributed by atoms with Crippen LogP contribution in [0.3, 0.4) is 0 Å². The van der Waals surface area contributed by atoms with Crippen LogP contribution in [0.1, 0.15) is 30.0 Å². The number of benzene rings is 3. The van der Waals surface area contributed by atoms with Gasteiger partial charge < -0.3 is 4.90 Å². The molecule has 4 heteroatoms. The van der Waals surface area contributed by atoms with Crippen LogP contribution in [0.2, 0.25) is 0 Å². The van der Waals surface area contributed by atoms with Gasteiger partial charge in [0.2, 0.25) is 5.91 Å². The minimum Gasteiger partial charge on any atom is -0.335 e. The lowest BCUT2D eigenvalue weighted by atomic mass is 9.84. The quantitative estimate of drug-likeness (QED) is 0.568. The molecule has 0 aliphatic carbocycles. The van der Waals surface area contributed by atoms with E-state index in [-0.39, 0.29) is 11.9 Å². The molecule has 3 atom stereocenters. The third-order valence-corrected chi connectivity index (χ3v) is 6.94. The number of fused-ring (bicyclic) bond motifs is 1. The molecule has 3 aromatic rings. The van der Waals surface area contributed by atoms with Crippen molar-refractivity contribution >= 4 is 5.91 Å². The number of nitrogens with zero attached hydrogens (tertiary/aromatic N) is 2. The van der Waals surface area contributed by atoms with Crippen LogP contribution in [0.4, 0.5) is 0 Å². The summed E-state index contributed by atoms with van der Waals surface area (Å²) < 4.78 is 0. The summed E-state index contributed by atoms with van der Waals surface area (Å²) in [5.41, 5.74) is 4.81. The van der Waals surface area contributed by atoms with E-state index in [1.54, 1.807) is 0 Å². The molecule has 0 saturated carbocycles. The standard InChI is InChI=1S/C28H30N2O2/c1-29-26-18-27(24-14-8-13-23(17-24)22-11-6-3-7-12-22)30(19-25(26)20-32-29)28(31)16-15-21-9-4-2-5-10-21/h2-14,17,25-27H,15-16,18-20H2,1H3/t25-,26-,27-/m0/s1. The van der Waals surface area contributed by atoms with Gasteiger partial charge in [-0.1, -0.05) is 78.9 Å². The highest BCUT2D eigenvalue weighted by atomic mass is 16.7. The molecular formula is C28H30N2O2. The summed E-state index contributed by atoms with van der Waals surface area (Å²) in [5, 5.41) is 2.00. The van der Waals surface area contributed by atoms with E-state index in [0.717, 1.165) is 19.4 Å². The fraction of sp³-hybridized carbons (Fsp3) is 0.321. The number of aryl methyl sites for hydroxylation is 1. The highest BCUT2D eigenvalue weighted by Gasteiger charge is 2.44. The number of carbonyl (C=O) groups is 1. The number of carbonyl (C=O) groups excluding carboxylic acids is 1. The Balaban J connectivity index is 1.41. The van der Waals surface area contributed by atoms with Crippen LogP contribution in [-0.4, -0.2) is 42.1 Å². The molecule has 3 aromatic carbocycles. The highest BCUT2D eigenvalue weighted by molar-refractivity contribution is 5.77. The van der Waals surface area contributed by atoms with E-state index in [0.29, 0.717) is 25.0 Å². The molecule has 0 spiro atoms. The lowest BCUT2D eigenvalue weighted by molar-refractivity contribution is -0.139. The molecule has 2 aliphatic rings. The second-order valence-electron chi connectivity index (χ2n) is 8.94. The van der Waals surface area contributed by atoms with Crippen LogP contribution < -0.4 is 0 Å². The topological polar surface area (TPSA) is 32.8 Å². The van der Waals surface area contributed by atoms with Gasteiger partial charge in [-0.15, -0.1) is 0 Å². The van der Waals surface area contributed by atoms with Crippen molar-refractivity contribution in [2.45, 2.75) is 31.3 Å². The SMILES string of the molecule is CN1OC[C@@H]2CN(C(=O)CCc3ccccc3)[C@H](c3cccc(-c4ccccc4)c3)C[C@@H]21. The molecular weight excluding hydrogens is 396 g/mol. The maximum Gasteiger partial charge on any atom is 0.223 e. The van der Waals surface area contributed by atoms with Crippen LogP contribution in [0.5, 0.6) is 0 Å². The predicted octanol–water partition coefficient (Wildman–Crippen LogP) is 5.12. The summed E-state index contributed by atoms with van der Waals surface area (Å²) in [6.07, 6.45) is 2.21. The first-order valence-electron chi connectivity index (χ1n) is 11.5. The first-order valence-corrected chi connectivity index (χ1v) is 11.5. The third kappa shape index (κ3) is 4.34. The van der Waals surface area contributed by atoms with Crippen molar-refractivity contribution in [3.8, 4) is 11.1 Å². The van der Waals surface area contributed by atoms with E-state index in [2.05, 4.69) is 65.6 Å². The zero-order valence-corrected chi connectivity index (χ0v) is 18.6. The summed E-state index contributed by atoms with van der Waals surface area (Å²) in [4.78, 5) is 21.4. The van der Waals surface area contributed by atoms with Gasteiger partial charge in [-0.25, -0.2) is 0 Å². The summed E-state index contributed by atoms with van der Waals surface area (Å²) in [6, 6.07) is 29.8. The van der Waals surface area contributed by atoms with Crippen molar-refractivity contribution in [2.75, 3.05) is 20.2 Å². The average Bonchev–Trinajstić information content (AvgIpc) is 3.22. The number of piperidine rings is 1. The average molecular weight is 427 g/mol. The van der Waals surface area contributed by atoms with E-state index < -0.39 is 0 Å². The minimum absolute atomic E-state index is 0.0623. The van der Waals surface area contributed by atoms with Crippen molar-refractivity contribution in [3.63, 3.8) is 0 Å². The second-order valence-corrected chi connectivity index (χ2v) is 8.94. The molecule has 2 aliphatic heterocycles. The maximum atomic E-state index is 13.5. The number of likely N-dealkylation sites (tertiary alicyclic amines) is 1.